The molecule has 0 radical (unpaired) electrons. The fraction of sp³-hybridized carbons (Fsp3) is 0. The number of rotatable bonds is 7. The van der Waals surface area contributed by atoms with E-state index in [4.69, 9.17) is 0 Å². The summed E-state index contributed by atoms with van der Waals surface area (Å²) in [5.41, 5.74) is 13.1. The quantitative estimate of drug-likeness (QED) is 0.165. The van der Waals surface area contributed by atoms with Gasteiger partial charge in [-0.25, -0.2) is 0 Å². The molecule has 0 saturated carbocycles. The van der Waals surface area contributed by atoms with Crippen molar-refractivity contribution in [3.63, 3.8) is 0 Å². The molecule has 9 aromatic rings. The van der Waals surface area contributed by atoms with Crippen LogP contribution < -0.4 is 4.90 Å². The lowest BCUT2D eigenvalue weighted by Crippen LogP contribution is -2.11. The maximum atomic E-state index is 2.38. The van der Waals surface area contributed by atoms with Gasteiger partial charge in [0, 0.05) is 42.7 Å². The molecule has 8 aromatic carbocycles. The van der Waals surface area contributed by atoms with Crippen molar-refractivity contribution in [2.45, 2.75) is 0 Å². The molecule has 0 aliphatic carbocycles. The van der Waals surface area contributed by atoms with E-state index >= 15 is 0 Å². The van der Waals surface area contributed by atoms with Crippen molar-refractivity contribution >= 4 is 48.6 Å². The second kappa shape index (κ2) is 13.0. The first-order valence-electron chi connectivity index (χ1n) is 17.0. The molecule has 0 atom stereocenters. The SMILES string of the molecule is c1ccc(-c2ccc(N(c3ccc(-c4ccccc4-c4cccc5c4sc4ccccc45)cc3)c3ccccc3-c3ccccc3)cc2)cc1. The zero-order valence-corrected chi connectivity index (χ0v) is 28.2. The van der Waals surface area contributed by atoms with Crippen LogP contribution in [0.3, 0.4) is 0 Å². The van der Waals surface area contributed by atoms with Crippen LogP contribution in [0.2, 0.25) is 0 Å². The van der Waals surface area contributed by atoms with E-state index in [0.717, 1.165) is 17.1 Å². The molecule has 1 aromatic heterocycles. The number of hydrogen-bond donors (Lipinski definition) is 0. The molecule has 0 amide bonds. The highest BCUT2D eigenvalue weighted by atomic mass is 32.1. The molecule has 1 heterocycles. The Bertz CT molecular complexity index is 2570. The minimum absolute atomic E-state index is 1.11. The van der Waals surface area contributed by atoms with Gasteiger partial charge in [-0.3, -0.25) is 0 Å². The van der Waals surface area contributed by atoms with E-state index in [1.807, 2.05) is 11.3 Å². The smallest absolute Gasteiger partial charge is 0.0540 e. The van der Waals surface area contributed by atoms with Gasteiger partial charge in [-0.15, -0.1) is 11.3 Å². The molecule has 0 fully saturated rings. The number of para-hydroxylation sites is 1. The zero-order chi connectivity index (χ0) is 33.3. The maximum Gasteiger partial charge on any atom is 0.0540 e. The highest BCUT2D eigenvalue weighted by molar-refractivity contribution is 7.26. The van der Waals surface area contributed by atoms with Crippen LogP contribution in [0.15, 0.2) is 200 Å². The summed E-state index contributed by atoms with van der Waals surface area (Å²) in [6.45, 7) is 0. The van der Waals surface area contributed by atoms with Gasteiger partial charge in [-0.1, -0.05) is 164 Å². The van der Waals surface area contributed by atoms with Crippen molar-refractivity contribution in [1.82, 2.24) is 0 Å². The summed E-state index contributed by atoms with van der Waals surface area (Å²) in [6, 6.07) is 72.2. The van der Waals surface area contributed by atoms with Gasteiger partial charge in [0.05, 0.1) is 5.69 Å². The third kappa shape index (κ3) is 5.46. The average molecular weight is 656 g/mol. The van der Waals surface area contributed by atoms with Crippen molar-refractivity contribution in [3.05, 3.63) is 200 Å². The molecule has 0 spiro atoms. The van der Waals surface area contributed by atoms with E-state index in [-0.39, 0.29) is 0 Å². The third-order valence-corrected chi connectivity index (χ3v) is 10.7. The minimum Gasteiger partial charge on any atom is -0.310 e. The van der Waals surface area contributed by atoms with Crippen LogP contribution >= 0.6 is 11.3 Å². The molecule has 0 aliphatic rings. The second-order valence-corrected chi connectivity index (χ2v) is 13.6. The average Bonchev–Trinajstić information content (AvgIpc) is 3.59. The van der Waals surface area contributed by atoms with Gasteiger partial charge >= 0.3 is 0 Å². The molecule has 0 bridgehead atoms. The van der Waals surface area contributed by atoms with Gasteiger partial charge in [0.1, 0.15) is 0 Å². The van der Waals surface area contributed by atoms with Crippen LogP contribution in [0.25, 0.3) is 64.7 Å². The van der Waals surface area contributed by atoms with Crippen LogP contribution in [-0.4, -0.2) is 0 Å². The van der Waals surface area contributed by atoms with Gasteiger partial charge in [0.2, 0.25) is 0 Å². The number of fused-ring (bicyclic) bond motifs is 3. The minimum atomic E-state index is 1.11. The number of benzene rings is 8. The highest BCUT2D eigenvalue weighted by Crippen LogP contribution is 2.44. The van der Waals surface area contributed by atoms with Crippen LogP contribution in [0.1, 0.15) is 0 Å². The molecule has 9 rings (SSSR count). The Morgan fingerprint density at radius 2 is 0.780 bits per heavy atom. The highest BCUT2D eigenvalue weighted by Gasteiger charge is 2.18. The van der Waals surface area contributed by atoms with E-state index in [0.29, 0.717) is 0 Å². The molecule has 1 nitrogen and oxygen atoms in total. The lowest BCUT2D eigenvalue weighted by Gasteiger charge is -2.28. The number of thiophene rings is 1. The van der Waals surface area contributed by atoms with Crippen LogP contribution in [0.4, 0.5) is 17.1 Å². The Labute approximate surface area is 297 Å². The summed E-state index contributed by atoms with van der Waals surface area (Å²) in [4.78, 5) is 2.38. The number of nitrogens with zero attached hydrogens (tertiary/aromatic N) is 1. The first-order chi connectivity index (χ1) is 24.8. The van der Waals surface area contributed by atoms with Gasteiger partial charge in [-0.05, 0) is 69.8 Å². The fourth-order valence-electron chi connectivity index (χ4n) is 7.11. The Balaban J connectivity index is 1.15. The fourth-order valence-corrected chi connectivity index (χ4v) is 8.34. The van der Waals surface area contributed by atoms with Crippen molar-refractivity contribution in [2.75, 3.05) is 4.90 Å². The Hall–Kier alpha value is -6.22. The maximum absolute atomic E-state index is 2.38. The molecule has 0 unspecified atom stereocenters. The number of anilines is 3. The molecule has 0 aliphatic heterocycles. The third-order valence-electron chi connectivity index (χ3n) is 9.52. The molecule has 236 valence electrons. The van der Waals surface area contributed by atoms with E-state index in [1.165, 1.54) is 64.7 Å². The van der Waals surface area contributed by atoms with Crippen LogP contribution in [0, 0.1) is 0 Å². The van der Waals surface area contributed by atoms with E-state index in [9.17, 15) is 0 Å². The normalized spacial score (nSPS) is 11.2. The van der Waals surface area contributed by atoms with E-state index in [2.05, 4.69) is 205 Å². The van der Waals surface area contributed by atoms with E-state index < -0.39 is 0 Å². The zero-order valence-electron chi connectivity index (χ0n) is 27.4. The summed E-state index contributed by atoms with van der Waals surface area (Å²) in [5, 5.41) is 2.64. The summed E-state index contributed by atoms with van der Waals surface area (Å²) in [7, 11) is 0. The summed E-state index contributed by atoms with van der Waals surface area (Å²) in [6.07, 6.45) is 0. The molecule has 2 heteroatoms. The van der Waals surface area contributed by atoms with Gasteiger partial charge in [-0.2, -0.15) is 0 Å². The molecule has 50 heavy (non-hydrogen) atoms. The predicted octanol–water partition coefficient (Wildman–Crippen LogP) is 14.2. The monoisotopic (exact) mass is 655 g/mol. The molecular weight excluding hydrogens is 623 g/mol. The van der Waals surface area contributed by atoms with Crippen LogP contribution in [-0.2, 0) is 0 Å². The van der Waals surface area contributed by atoms with Gasteiger partial charge in [0.25, 0.3) is 0 Å². The summed E-state index contributed by atoms with van der Waals surface area (Å²) in [5.74, 6) is 0. The summed E-state index contributed by atoms with van der Waals surface area (Å²) >= 11 is 1.88. The van der Waals surface area contributed by atoms with Crippen LogP contribution in [0.5, 0.6) is 0 Å². The molecule has 0 N–H and O–H groups in total. The Morgan fingerprint density at radius 3 is 1.50 bits per heavy atom. The molecular formula is C48H33NS. The first-order valence-corrected chi connectivity index (χ1v) is 17.8. The topological polar surface area (TPSA) is 3.24 Å². The largest absolute Gasteiger partial charge is 0.310 e. The van der Waals surface area contributed by atoms with E-state index in [1.54, 1.807) is 0 Å². The Morgan fingerprint density at radius 1 is 0.300 bits per heavy atom. The van der Waals surface area contributed by atoms with Gasteiger partial charge in [0.15, 0.2) is 0 Å². The first kappa shape index (κ1) is 29.9. The Kier molecular flexibility index (Phi) is 7.77. The van der Waals surface area contributed by atoms with Crippen molar-refractivity contribution in [2.24, 2.45) is 0 Å². The van der Waals surface area contributed by atoms with Crippen molar-refractivity contribution in [1.29, 1.82) is 0 Å². The number of hydrogen-bond acceptors (Lipinski definition) is 2. The van der Waals surface area contributed by atoms with Crippen molar-refractivity contribution in [3.8, 4) is 44.5 Å². The predicted molar refractivity (Wildman–Crippen MR) is 216 cm³/mol. The second-order valence-electron chi connectivity index (χ2n) is 12.5. The van der Waals surface area contributed by atoms with Gasteiger partial charge < -0.3 is 4.90 Å². The standard InChI is InChI=1S/C48H33NS/c1-3-14-34(15-4-1)35-26-30-38(31-27-35)49(46-24-11-9-19-41(46)36-16-5-2-6-17-36)39-32-28-37(29-33-39)40-18-7-8-20-42(40)44-22-13-23-45-43-21-10-12-25-47(43)50-48(44)45/h1-33H. The molecule has 0 saturated heterocycles. The summed E-state index contributed by atoms with van der Waals surface area (Å²) < 4.78 is 2.66. The van der Waals surface area contributed by atoms with Crippen molar-refractivity contribution < 1.29 is 0 Å². The lowest BCUT2D eigenvalue weighted by molar-refractivity contribution is 1.28. The lowest BCUT2D eigenvalue weighted by atomic mass is 9.93.